The van der Waals surface area contributed by atoms with Crippen LogP contribution in [0.4, 0.5) is 4.79 Å². The minimum atomic E-state index is -0.800. The highest BCUT2D eigenvalue weighted by atomic mass is 32.2. The lowest BCUT2D eigenvalue weighted by atomic mass is 9.69. The molecule has 1 fully saturated rings. The Kier molecular flexibility index (Phi) is 5.61. The normalized spacial score (nSPS) is 17.0. The highest BCUT2D eigenvalue weighted by Crippen LogP contribution is 2.40. The average molecular weight is 260 g/mol. The topological polar surface area (TPSA) is 78.4 Å². The molecule has 1 aliphatic rings. The standard InChI is InChI=1S/C11H20N2O3S/c1-17-7-3-6-12-10(16)13-8-11(9(14)15)4-2-5-11/h2-8H2,1H3,(H,14,15)(H2,12,13,16). The number of carboxylic acids is 1. The minimum Gasteiger partial charge on any atom is -0.481 e. The van der Waals surface area contributed by atoms with Crippen LogP contribution in [0.5, 0.6) is 0 Å². The van der Waals surface area contributed by atoms with Crippen molar-refractivity contribution in [1.29, 1.82) is 0 Å². The van der Waals surface area contributed by atoms with Gasteiger partial charge in [0.25, 0.3) is 0 Å². The molecule has 98 valence electrons. The first-order chi connectivity index (χ1) is 8.10. The second kappa shape index (κ2) is 6.74. The third-order valence-corrected chi connectivity index (χ3v) is 3.86. The number of amides is 2. The van der Waals surface area contributed by atoms with E-state index in [1.165, 1.54) is 0 Å². The zero-order valence-corrected chi connectivity index (χ0v) is 10.9. The van der Waals surface area contributed by atoms with E-state index in [1.54, 1.807) is 11.8 Å². The largest absolute Gasteiger partial charge is 0.481 e. The van der Waals surface area contributed by atoms with E-state index in [1.807, 2.05) is 6.26 Å². The molecule has 0 aromatic rings. The maximum absolute atomic E-state index is 11.4. The Morgan fingerprint density at radius 2 is 2.06 bits per heavy atom. The van der Waals surface area contributed by atoms with Crippen molar-refractivity contribution in [1.82, 2.24) is 10.6 Å². The molecule has 0 bridgehead atoms. The zero-order valence-electron chi connectivity index (χ0n) is 10.1. The van der Waals surface area contributed by atoms with Crippen molar-refractivity contribution in [3.63, 3.8) is 0 Å². The van der Waals surface area contributed by atoms with Crippen molar-refractivity contribution in [2.45, 2.75) is 25.7 Å². The number of carboxylic acid groups (broad SMARTS) is 1. The lowest BCUT2D eigenvalue weighted by molar-refractivity contribution is -0.153. The summed E-state index contributed by atoms with van der Waals surface area (Å²) < 4.78 is 0. The van der Waals surface area contributed by atoms with E-state index >= 15 is 0 Å². The van der Waals surface area contributed by atoms with Gasteiger partial charge < -0.3 is 15.7 Å². The Balaban J connectivity index is 2.16. The van der Waals surface area contributed by atoms with Gasteiger partial charge in [0.15, 0.2) is 0 Å². The molecule has 17 heavy (non-hydrogen) atoms. The van der Waals surface area contributed by atoms with Gasteiger partial charge in [0.05, 0.1) is 5.41 Å². The van der Waals surface area contributed by atoms with Gasteiger partial charge >= 0.3 is 12.0 Å². The van der Waals surface area contributed by atoms with Crippen LogP contribution in [-0.4, -0.2) is 42.2 Å². The summed E-state index contributed by atoms with van der Waals surface area (Å²) in [4.78, 5) is 22.4. The number of nitrogens with one attached hydrogen (secondary N) is 2. The number of carbonyl (C=O) groups excluding carboxylic acids is 1. The summed E-state index contributed by atoms with van der Waals surface area (Å²) >= 11 is 1.74. The first kappa shape index (κ1) is 14.2. The lowest BCUT2D eigenvalue weighted by Gasteiger charge is -2.37. The quantitative estimate of drug-likeness (QED) is 0.603. The zero-order chi connectivity index (χ0) is 12.7. The SMILES string of the molecule is CSCCCNC(=O)NCC1(C(=O)O)CCC1. The van der Waals surface area contributed by atoms with E-state index in [2.05, 4.69) is 10.6 Å². The molecule has 1 rings (SSSR count). The molecule has 0 atom stereocenters. The van der Waals surface area contributed by atoms with Crippen LogP contribution >= 0.6 is 11.8 Å². The van der Waals surface area contributed by atoms with E-state index in [-0.39, 0.29) is 12.6 Å². The highest BCUT2D eigenvalue weighted by molar-refractivity contribution is 7.98. The molecule has 0 aromatic carbocycles. The molecule has 1 aliphatic carbocycles. The summed E-state index contributed by atoms with van der Waals surface area (Å²) in [6.45, 7) is 0.865. The van der Waals surface area contributed by atoms with E-state index < -0.39 is 11.4 Å². The molecular weight excluding hydrogens is 240 g/mol. The third-order valence-electron chi connectivity index (χ3n) is 3.16. The lowest BCUT2D eigenvalue weighted by Crippen LogP contribution is -2.49. The minimum absolute atomic E-state index is 0.233. The summed E-state index contributed by atoms with van der Waals surface area (Å²) in [7, 11) is 0. The van der Waals surface area contributed by atoms with Crippen LogP contribution in [0.15, 0.2) is 0 Å². The van der Waals surface area contributed by atoms with E-state index in [0.717, 1.165) is 18.6 Å². The van der Waals surface area contributed by atoms with Gasteiger partial charge in [-0.15, -0.1) is 0 Å². The molecule has 0 aliphatic heterocycles. The Bertz CT molecular complexity index is 280. The van der Waals surface area contributed by atoms with Gasteiger partial charge in [-0.3, -0.25) is 4.79 Å². The molecule has 0 radical (unpaired) electrons. The molecule has 3 N–H and O–H groups in total. The summed E-state index contributed by atoms with van der Waals surface area (Å²) in [5.74, 6) is 0.214. The van der Waals surface area contributed by atoms with Gasteiger partial charge in [-0.1, -0.05) is 6.42 Å². The van der Waals surface area contributed by atoms with E-state index in [4.69, 9.17) is 5.11 Å². The summed E-state index contributed by atoms with van der Waals surface area (Å²) in [5, 5.41) is 14.4. The predicted octanol–water partition coefficient (Wildman–Crippen LogP) is 1.29. The molecule has 0 heterocycles. The fourth-order valence-corrected chi connectivity index (χ4v) is 2.23. The van der Waals surface area contributed by atoms with Crippen LogP contribution in [0.3, 0.4) is 0 Å². The van der Waals surface area contributed by atoms with Crippen LogP contribution in [0, 0.1) is 5.41 Å². The number of rotatable bonds is 7. The second-order valence-corrected chi connectivity index (χ2v) is 5.38. The molecule has 0 unspecified atom stereocenters. The van der Waals surface area contributed by atoms with Crippen molar-refractivity contribution < 1.29 is 14.7 Å². The number of hydrogen-bond donors (Lipinski definition) is 3. The molecule has 0 saturated heterocycles. The van der Waals surface area contributed by atoms with Crippen molar-refractivity contribution in [2.75, 3.05) is 25.1 Å². The van der Waals surface area contributed by atoms with Crippen LogP contribution in [0.2, 0.25) is 0 Å². The van der Waals surface area contributed by atoms with Crippen molar-refractivity contribution >= 4 is 23.8 Å². The number of thioether (sulfide) groups is 1. The monoisotopic (exact) mass is 260 g/mol. The van der Waals surface area contributed by atoms with Crippen molar-refractivity contribution in [2.24, 2.45) is 5.41 Å². The van der Waals surface area contributed by atoms with Crippen LogP contribution < -0.4 is 10.6 Å². The smallest absolute Gasteiger partial charge is 0.314 e. The second-order valence-electron chi connectivity index (χ2n) is 4.39. The van der Waals surface area contributed by atoms with Gasteiger partial charge in [-0.25, -0.2) is 4.79 Å². The van der Waals surface area contributed by atoms with Crippen molar-refractivity contribution in [3.8, 4) is 0 Å². The fourth-order valence-electron chi connectivity index (χ4n) is 1.80. The van der Waals surface area contributed by atoms with Crippen LogP contribution in [0.25, 0.3) is 0 Å². The highest BCUT2D eigenvalue weighted by Gasteiger charge is 2.44. The number of aliphatic carboxylic acids is 1. The van der Waals surface area contributed by atoms with Gasteiger partial charge in [-0.05, 0) is 31.3 Å². The summed E-state index contributed by atoms with van der Waals surface area (Å²) in [5.41, 5.74) is -0.712. The average Bonchev–Trinajstić information content (AvgIpc) is 2.22. The van der Waals surface area contributed by atoms with Crippen LogP contribution in [0.1, 0.15) is 25.7 Å². The fraction of sp³-hybridized carbons (Fsp3) is 0.818. The maximum Gasteiger partial charge on any atom is 0.314 e. The van der Waals surface area contributed by atoms with Gasteiger partial charge in [-0.2, -0.15) is 11.8 Å². The first-order valence-electron chi connectivity index (χ1n) is 5.85. The number of hydrogen-bond acceptors (Lipinski definition) is 3. The molecular formula is C11H20N2O3S. The molecule has 0 aromatic heterocycles. The first-order valence-corrected chi connectivity index (χ1v) is 7.24. The summed E-state index contributed by atoms with van der Waals surface area (Å²) in [6.07, 6.45) is 5.21. The molecule has 6 heteroatoms. The van der Waals surface area contributed by atoms with E-state index in [9.17, 15) is 9.59 Å². The number of carbonyl (C=O) groups is 2. The Morgan fingerprint density at radius 1 is 1.35 bits per heavy atom. The molecule has 0 spiro atoms. The maximum atomic E-state index is 11.4. The Labute approximate surface area is 106 Å². The van der Waals surface area contributed by atoms with Crippen molar-refractivity contribution in [3.05, 3.63) is 0 Å². The summed E-state index contributed by atoms with van der Waals surface area (Å²) in [6, 6.07) is -0.265. The molecule has 5 nitrogen and oxygen atoms in total. The van der Waals surface area contributed by atoms with Gasteiger partial charge in [0.1, 0.15) is 0 Å². The Morgan fingerprint density at radius 3 is 2.53 bits per heavy atom. The number of urea groups is 1. The third kappa shape index (κ3) is 4.11. The Hall–Kier alpha value is -0.910. The van der Waals surface area contributed by atoms with Gasteiger partial charge in [0, 0.05) is 13.1 Å². The molecule has 2 amide bonds. The predicted molar refractivity (Wildman–Crippen MR) is 68.3 cm³/mol. The van der Waals surface area contributed by atoms with Gasteiger partial charge in [0.2, 0.25) is 0 Å². The van der Waals surface area contributed by atoms with Crippen LogP contribution in [-0.2, 0) is 4.79 Å². The van der Waals surface area contributed by atoms with E-state index in [0.29, 0.717) is 19.4 Å². The molecule has 1 saturated carbocycles.